The number of halogens is 1. The Bertz CT molecular complexity index is 1450. The summed E-state index contributed by atoms with van der Waals surface area (Å²) < 4.78 is 20.6. The maximum atomic E-state index is 13.9. The Labute approximate surface area is 206 Å². The predicted molar refractivity (Wildman–Crippen MR) is 130 cm³/mol. The fraction of sp³-hybridized carbons (Fsp3) is 0.500. The molecular weight excluding hydrogens is 472 g/mol. The molecule has 5 heterocycles. The first-order valence-electron chi connectivity index (χ1n) is 11.9. The summed E-state index contributed by atoms with van der Waals surface area (Å²) >= 11 is 6.60. The molecule has 0 N–H and O–H groups in total. The largest absolute Gasteiger partial charge is 0.379 e. The van der Waals surface area contributed by atoms with Gasteiger partial charge in [0.1, 0.15) is 17.9 Å². The topological polar surface area (TPSA) is 99.9 Å². The maximum absolute atomic E-state index is 13.9. The van der Waals surface area contributed by atoms with Gasteiger partial charge >= 0.3 is 0 Å². The minimum Gasteiger partial charge on any atom is -0.379 e. The molecule has 4 aromatic rings. The zero-order valence-electron chi connectivity index (χ0n) is 19.7. The maximum Gasteiger partial charge on any atom is 0.279 e. The molecule has 35 heavy (non-hydrogen) atoms. The zero-order valence-corrected chi connectivity index (χ0v) is 20.5. The number of hydrogen-bond donors (Lipinski definition) is 0. The standard InChI is InChI=1S/C24H27ClN6O4/c1-24(2)7-6-17(34-24)21-27-22(35-28-21)18-20-23(32)30(9-8-29-10-12-33-13-11-29)19-15(25)4-3-5-16(19)31(20)14-26-18/h3-5,14,17H,6-13H2,1-2H3. The van der Waals surface area contributed by atoms with Crippen LogP contribution in [0.1, 0.15) is 38.6 Å². The van der Waals surface area contributed by atoms with Crippen molar-refractivity contribution in [3.63, 3.8) is 0 Å². The summed E-state index contributed by atoms with van der Waals surface area (Å²) in [6, 6.07) is 5.59. The van der Waals surface area contributed by atoms with E-state index >= 15 is 0 Å². The zero-order chi connectivity index (χ0) is 24.2. The Kier molecular flexibility index (Phi) is 5.63. The van der Waals surface area contributed by atoms with Gasteiger partial charge in [-0.15, -0.1) is 0 Å². The van der Waals surface area contributed by atoms with Gasteiger partial charge in [-0.25, -0.2) is 4.98 Å². The minimum absolute atomic E-state index is 0.203. The predicted octanol–water partition coefficient (Wildman–Crippen LogP) is 3.31. The molecule has 11 heteroatoms. The van der Waals surface area contributed by atoms with Gasteiger partial charge in [-0.3, -0.25) is 14.1 Å². The quantitative estimate of drug-likeness (QED) is 0.413. The first-order chi connectivity index (χ1) is 16.9. The highest BCUT2D eigenvalue weighted by atomic mass is 35.5. The molecule has 3 aromatic heterocycles. The van der Waals surface area contributed by atoms with Crippen LogP contribution in [0.3, 0.4) is 0 Å². The normalized spacial score (nSPS) is 20.8. The number of benzene rings is 1. The molecule has 1 unspecified atom stereocenters. The van der Waals surface area contributed by atoms with Crippen LogP contribution >= 0.6 is 11.6 Å². The lowest BCUT2D eigenvalue weighted by Crippen LogP contribution is -2.39. The highest BCUT2D eigenvalue weighted by Crippen LogP contribution is 2.38. The van der Waals surface area contributed by atoms with Crippen molar-refractivity contribution >= 4 is 28.2 Å². The van der Waals surface area contributed by atoms with E-state index in [1.54, 1.807) is 21.4 Å². The Hall–Kier alpha value is -2.79. The number of rotatable bonds is 5. The van der Waals surface area contributed by atoms with Gasteiger partial charge in [0.25, 0.3) is 11.4 Å². The molecule has 1 atom stereocenters. The Morgan fingerprint density at radius 1 is 1.17 bits per heavy atom. The molecule has 1 aromatic carbocycles. The molecule has 2 aliphatic heterocycles. The van der Waals surface area contributed by atoms with E-state index in [1.807, 2.05) is 26.0 Å². The second kappa shape index (κ2) is 8.70. The smallest absolute Gasteiger partial charge is 0.279 e. The fourth-order valence-electron chi connectivity index (χ4n) is 4.99. The van der Waals surface area contributed by atoms with Crippen molar-refractivity contribution in [1.82, 2.24) is 29.0 Å². The molecular formula is C24H27ClN6O4. The van der Waals surface area contributed by atoms with E-state index in [1.165, 1.54) is 0 Å². The SMILES string of the molecule is CC1(C)CCC(c2noc(-c3ncn4c3c(=O)n(CCN3CCOCC3)c3c(Cl)cccc34)n2)O1. The van der Waals surface area contributed by atoms with Crippen molar-refractivity contribution < 1.29 is 14.0 Å². The molecule has 184 valence electrons. The summed E-state index contributed by atoms with van der Waals surface area (Å²) in [6.45, 7) is 8.37. The summed E-state index contributed by atoms with van der Waals surface area (Å²) in [6.07, 6.45) is 3.10. The van der Waals surface area contributed by atoms with E-state index in [-0.39, 0.29) is 23.2 Å². The van der Waals surface area contributed by atoms with Gasteiger partial charge < -0.3 is 18.6 Å². The van der Waals surface area contributed by atoms with Crippen LogP contribution < -0.4 is 5.56 Å². The van der Waals surface area contributed by atoms with Crippen LogP contribution in [-0.2, 0) is 16.0 Å². The van der Waals surface area contributed by atoms with Crippen LogP contribution in [-0.4, -0.2) is 67.4 Å². The van der Waals surface area contributed by atoms with Crippen LogP contribution in [0.25, 0.3) is 28.1 Å². The third-order valence-corrected chi connectivity index (χ3v) is 7.16. The van der Waals surface area contributed by atoms with E-state index in [2.05, 4.69) is 20.0 Å². The van der Waals surface area contributed by atoms with E-state index < -0.39 is 0 Å². The number of hydrogen-bond acceptors (Lipinski definition) is 8. The molecule has 2 saturated heterocycles. The number of nitrogens with zero attached hydrogens (tertiary/aromatic N) is 6. The monoisotopic (exact) mass is 498 g/mol. The second-order valence-corrected chi connectivity index (χ2v) is 10.1. The first kappa shape index (κ1) is 22.7. The van der Waals surface area contributed by atoms with Gasteiger partial charge in [0, 0.05) is 26.2 Å². The molecule has 0 saturated carbocycles. The van der Waals surface area contributed by atoms with Crippen LogP contribution in [0, 0.1) is 0 Å². The molecule has 10 nitrogen and oxygen atoms in total. The summed E-state index contributed by atoms with van der Waals surface area (Å²) in [5.41, 5.74) is 1.77. The van der Waals surface area contributed by atoms with Gasteiger partial charge in [0.05, 0.1) is 34.9 Å². The number of fused-ring (bicyclic) bond motifs is 3. The molecule has 2 aliphatic rings. The van der Waals surface area contributed by atoms with Gasteiger partial charge in [0.15, 0.2) is 5.69 Å². The number of ether oxygens (including phenoxy) is 2. The lowest BCUT2D eigenvalue weighted by atomic mass is 10.1. The Morgan fingerprint density at radius 2 is 2.00 bits per heavy atom. The van der Waals surface area contributed by atoms with Crippen LogP contribution in [0.4, 0.5) is 0 Å². The van der Waals surface area contributed by atoms with Gasteiger partial charge in [-0.1, -0.05) is 22.8 Å². The third-order valence-electron chi connectivity index (χ3n) is 6.86. The lowest BCUT2D eigenvalue weighted by molar-refractivity contribution is -0.0207. The highest BCUT2D eigenvalue weighted by Gasteiger charge is 2.35. The van der Waals surface area contributed by atoms with Crippen molar-refractivity contribution in [3.05, 3.63) is 45.7 Å². The molecule has 0 aliphatic carbocycles. The van der Waals surface area contributed by atoms with Crippen molar-refractivity contribution in [1.29, 1.82) is 0 Å². The van der Waals surface area contributed by atoms with Gasteiger partial charge in [-0.05, 0) is 38.8 Å². The van der Waals surface area contributed by atoms with Gasteiger partial charge in [0.2, 0.25) is 5.82 Å². The number of para-hydroxylation sites is 1. The summed E-state index contributed by atoms with van der Waals surface area (Å²) in [7, 11) is 0. The molecule has 2 fully saturated rings. The lowest BCUT2D eigenvalue weighted by Gasteiger charge is -2.27. The number of imidazole rings is 1. The third kappa shape index (κ3) is 4.04. The second-order valence-electron chi connectivity index (χ2n) is 9.69. The van der Waals surface area contributed by atoms with E-state index in [0.29, 0.717) is 53.9 Å². The highest BCUT2D eigenvalue weighted by molar-refractivity contribution is 6.35. The summed E-state index contributed by atoms with van der Waals surface area (Å²) in [5.74, 6) is 0.678. The van der Waals surface area contributed by atoms with Crippen molar-refractivity contribution in [3.8, 4) is 11.6 Å². The summed E-state index contributed by atoms with van der Waals surface area (Å²) in [5, 5.41) is 4.66. The molecule has 0 spiro atoms. The Balaban J connectivity index is 1.44. The molecule has 0 amide bonds. The van der Waals surface area contributed by atoms with E-state index in [9.17, 15) is 4.79 Å². The van der Waals surface area contributed by atoms with E-state index in [0.717, 1.165) is 31.4 Å². The van der Waals surface area contributed by atoms with Crippen LogP contribution in [0.5, 0.6) is 0 Å². The first-order valence-corrected chi connectivity index (χ1v) is 12.3. The minimum atomic E-state index is -0.235. The Morgan fingerprint density at radius 3 is 2.77 bits per heavy atom. The average Bonchev–Trinajstić information content (AvgIpc) is 3.58. The average molecular weight is 499 g/mol. The molecule has 0 radical (unpaired) electrons. The molecule has 6 rings (SSSR count). The van der Waals surface area contributed by atoms with Gasteiger partial charge in [-0.2, -0.15) is 4.98 Å². The van der Waals surface area contributed by atoms with Crippen LogP contribution in [0.2, 0.25) is 5.02 Å². The van der Waals surface area contributed by atoms with Crippen LogP contribution in [0.15, 0.2) is 33.8 Å². The fourth-order valence-corrected chi connectivity index (χ4v) is 5.26. The van der Waals surface area contributed by atoms with Crippen molar-refractivity contribution in [2.24, 2.45) is 0 Å². The van der Waals surface area contributed by atoms with Crippen molar-refractivity contribution in [2.45, 2.75) is 44.9 Å². The number of morpholine rings is 1. The van der Waals surface area contributed by atoms with Crippen molar-refractivity contribution in [2.75, 3.05) is 32.8 Å². The molecule has 0 bridgehead atoms. The van der Waals surface area contributed by atoms with E-state index in [4.69, 9.17) is 25.6 Å². The number of aromatic nitrogens is 5. The summed E-state index contributed by atoms with van der Waals surface area (Å²) in [4.78, 5) is 25.2.